The first-order valence-electron chi connectivity index (χ1n) is 8.90. The summed E-state index contributed by atoms with van der Waals surface area (Å²) in [7, 11) is 1.86. The highest BCUT2D eigenvalue weighted by Crippen LogP contribution is 2.15. The van der Waals surface area contributed by atoms with Gasteiger partial charge in [0.25, 0.3) is 5.91 Å². The molecule has 1 aromatic rings. The fraction of sp³-hybridized carbons (Fsp3) is 0.765. The van der Waals surface area contributed by atoms with Gasteiger partial charge in [-0.25, -0.2) is 0 Å². The van der Waals surface area contributed by atoms with Crippen LogP contribution in [0.15, 0.2) is 6.07 Å². The molecule has 6 nitrogen and oxygen atoms in total. The molecule has 0 saturated carbocycles. The van der Waals surface area contributed by atoms with Crippen molar-refractivity contribution in [3.8, 4) is 0 Å². The van der Waals surface area contributed by atoms with Crippen molar-refractivity contribution in [2.75, 3.05) is 39.3 Å². The average Bonchev–Trinajstić information content (AvgIpc) is 3.18. The van der Waals surface area contributed by atoms with Crippen LogP contribution in [-0.4, -0.2) is 70.8 Å². The van der Waals surface area contributed by atoms with Crippen LogP contribution in [-0.2, 0) is 7.05 Å². The molecular formula is C17H29N5O. The Balaban J connectivity index is 1.69. The van der Waals surface area contributed by atoms with Crippen molar-refractivity contribution in [2.45, 2.75) is 38.6 Å². The van der Waals surface area contributed by atoms with Gasteiger partial charge in [-0.3, -0.25) is 9.48 Å². The van der Waals surface area contributed by atoms with Gasteiger partial charge in [0, 0.05) is 32.7 Å². The fourth-order valence-corrected chi connectivity index (χ4v) is 3.75. The van der Waals surface area contributed by atoms with Crippen LogP contribution in [0.25, 0.3) is 0 Å². The molecule has 0 aromatic carbocycles. The maximum Gasteiger partial charge on any atom is 0.272 e. The molecule has 1 N–H and O–H groups in total. The van der Waals surface area contributed by atoms with E-state index in [1.807, 2.05) is 20.0 Å². The lowest BCUT2D eigenvalue weighted by molar-refractivity contribution is 0.0648. The molecular weight excluding hydrogens is 290 g/mol. The van der Waals surface area contributed by atoms with E-state index in [9.17, 15) is 4.79 Å². The number of nitrogens with zero attached hydrogens (tertiary/aromatic N) is 4. The van der Waals surface area contributed by atoms with Gasteiger partial charge in [-0.05, 0) is 51.9 Å². The summed E-state index contributed by atoms with van der Waals surface area (Å²) in [5.74, 6) is 0.124. The first kappa shape index (κ1) is 16.5. The van der Waals surface area contributed by atoms with Crippen molar-refractivity contribution in [2.24, 2.45) is 7.05 Å². The number of aryl methyl sites for hydroxylation is 2. The maximum absolute atomic E-state index is 13.1. The molecule has 1 aromatic heterocycles. The molecule has 0 aliphatic carbocycles. The monoisotopic (exact) mass is 319 g/mol. The first-order valence-corrected chi connectivity index (χ1v) is 8.90. The van der Waals surface area contributed by atoms with Crippen LogP contribution in [0.1, 0.15) is 41.9 Å². The number of piperidine rings is 1. The Morgan fingerprint density at radius 1 is 1.39 bits per heavy atom. The second-order valence-corrected chi connectivity index (χ2v) is 6.84. The number of likely N-dealkylation sites (tertiary alicyclic amines) is 1. The van der Waals surface area contributed by atoms with E-state index in [0.29, 0.717) is 11.7 Å². The Labute approximate surface area is 138 Å². The number of amides is 1. The standard InChI is InChI=1S/C17H29N5O/c1-14-12-16(20(2)19-14)17(23)22(15-6-7-18-13-15)11-10-21-8-4-3-5-9-21/h12,15,18H,3-11,13H2,1-2H3. The summed E-state index contributed by atoms with van der Waals surface area (Å²) in [6, 6.07) is 2.21. The molecule has 23 heavy (non-hydrogen) atoms. The minimum absolute atomic E-state index is 0.124. The number of hydrogen-bond donors (Lipinski definition) is 1. The normalized spacial score (nSPS) is 22.4. The second-order valence-electron chi connectivity index (χ2n) is 6.84. The van der Waals surface area contributed by atoms with Crippen molar-refractivity contribution in [3.63, 3.8) is 0 Å². The molecule has 2 saturated heterocycles. The van der Waals surface area contributed by atoms with E-state index in [1.54, 1.807) is 4.68 Å². The SMILES string of the molecule is Cc1cc(C(=O)N(CCN2CCCCC2)C2CCNC2)n(C)n1. The zero-order valence-electron chi connectivity index (χ0n) is 14.4. The number of carbonyl (C=O) groups excluding carboxylic acids is 1. The molecule has 1 unspecified atom stereocenters. The van der Waals surface area contributed by atoms with Gasteiger partial charge in [-0.15, -0.1) is 0 Å². The fourth-order valence-electron chi connectivity index (χ4n) is 3.75. The summed E-state index contributed by atoms with van der Waals surface area (Å²) >= 11 is 0. The molecule has 6 heteroatoms. The van der Waals surface area contributed by atoms with Crippen LogP contribution >= 0.6 is 0 Å². The zero-order valence-corrected chi connectivity index (χ0v) is 14.4. The third kappa shape index (κ3) is 3.93. The summed E-state index contributed by atoms with van der Waals surface area (Å²) in [5, 5.41) is 7.72. The molecule has 2 aliphatic rings. The molecule has 2 fully saturated rings. The average molecular weight is 319 g/mol. The number of aromatic nitrogens is 2. The van der Waals surface area contributed by atoms with Crippen LogP contribution < -0.4 is 5.32 Å². The smallest absolute Gasteiger partial charge is 0.272 e. The Morgan fingerprint density at radius 3 is 2.78 bits per heavy atom. The van der Waals surface area contributed by atoms with E-state index in [2.05, 4.69) is 20.2 Å². The van der Waals surface area contributed by atoms with Gasteiger partial charge >= 0.3 is 0 Å². The summed E-state index contributed by atoms with van der Waals surface area (Å²) in [6.45, 7) is 8.00. The lowest BCUT2D eigenvalue weighted by Crippen LogP contribution is -2.46. The van der Waals surface area contributed by atoms with Crippen LogP contribution in [0.2, 0.25) is 0 Å². The van der Waals surface area contributed by atoms with Gasteiger partial charge in [-0.2, -0.15) is 5.10 Å². The van der Waals surface area contributed by atoms with Gasteiger partial charge in [0.15, 0.2) is 0 Å². The van der Waals surface area contributed by atoms with Crippen molar-refractivity contribution in [1.82, 2.24) is 24.9 Å². The lowest BCUT2D eigenvalue weighted by Gasteiger charge is -2.33. The molecule has 3 rings (SSSR count). The molecule has 3 heterocycles. The molecule has 0 spiro atoms. The molecule has 0 radical (unpaired) electrons. The van der Waals surface area contributed by atoms with E-state index in [0.717, 1.165) is 38.3 Å². The highest BCUT2D eigenvalue weighted by Gasteiger charge is 2.29. The van der Waals surface area contributed by atoms with Crippen LogP contribution in [0.5, 0.6) is 0 Å². The summed E-state index contributed by atoms with van der Waals surface area (Å²) in [4.78, 5) is 17.6. The second kappa shape index (κ2) is 7.45. The molecule has 1 atom stereocenters. The highest BCUT2D eigenvalue weighted by molar-refractivity contribution is 5.93. The number of rotatable bonds is 5. The van der Waals surface area contributed by atoms with E-state index in [1.165, 1.54) is 32.4 Å². The van der Waals surface area contributed by atoms with Crippen LogP contribution in [0.4, 0.5) is 0 Å². The number of hydrogen-bond acceptors (Lipinski definition) is 4. The van der Waals surface area contributed by atoms with Crippen molar-refractivity contribution >= 4 is 5.91 Å². The summed E-state index contributed by atoms with van der Waals surface area (Å²) in [6.07, 6.45) is 4.97. The minimum Gasteiger partial charge on any atom is -0.332 e. The van der Waals surface area contributed by atoms with E-state index in [-0.39, 0.29) is 5.91 Å². The van der Waals surface area contributed by atoms with Crippen molar-refractivity contribution < 1.29 is 4.79 Å². The predicted molar refractivity (Wildman–Crippen MR) is 90.5 cm³/mol. The molecule has 128 valence electrons. The topological polar surface area (TPSA) is 53.4 Å². The Kier molecular flexibility index (Phi) is 5.33. The number of nitrogens with one attached hydrogen (secondary N) is 1. The van der Waals surface area contributed by atoms with Crippen LogP contribution in [0.3, 0.4) is 0 Å². The predicted octanol–water partition coefficient (Wildman–Crippen LogP) is 1.02. The Hall–Kier alpha value is -1.40. The maximum atomic E-state index is 13.1. The van der Waals surface area contributed by atoms with Crippen molar-refractivity contribution in [1.29, 1.82) is 0 Å². The number of carbonyl (C=O) groups is 1. The molecule has 1 amide bonds. The van der Waals surface area contributed by atoms with Gasteiger partial charge in [0.05, 0.1) is 5.69 Å². The van der Waals surface area contributed by atoms with E-state index < -0.39 is 0 Å². The van der Waals surface area contributed by atoms with E-state index in [4.69, 9.17) is 0 Å². The Bertz CT molecular complexity index is 529. The lowest BCUT2D eigenvalue weighted by atomic mass is 10.1. The summed E-state index contributed by atoms with van der Waals surface area (Å²) < 4.78 is 1.72. The van der Waals surface area contributed by atoms with Gasteiger partial charge < -0.3 is 15.1 Å². The van der Waals surface area contributed by atoms with Crippen molar-refractivity contribution in [3.05, 3.63) is 17.5 Å². The van der Waals surface area contributed by atoms with E-state index >= 15 is 0 Å². The van der Waals surface area contributed by atoms with Gasteiger partial charge in [0.1, 0.15) is 5.69 Å². The summed E-state index contributed by atoms with van der Waals surface area (Å²) in [5.41, 5.74) is 1.60. The van der Waals surface area contributed by atoms with Gasteiger partial charge in [0.2, 0.25) is 0 Å². The minimum atomic E-state index is 0.124. The quantitative estimate of drug-likeness (QED) is 0.880. The Morgan fingerprint density at radius 2 is 2.17 bits per heavy atom. The molecule has 0 bridgehead atoms. The first-order chi connectivity index (χ1) is 11.1. The zero-order chi connectivity index (χ0) is 16.2. The third-order valence-electron chi connectivity index (χ3n) is 5.06. The molecule has 2 aliphatic heterocycles. The largest absolute Gasteiger partial charge is 0.332 e. The highest BCUT2D eigenvalue weighted by atomic mass is 16.2. The van der Waals surface area contributed by atoms with Crippen LogP contribution in [0, 0.1) is 6.92 Å². The van der Waals surface area contributed by atoms with Gasteiger partial charge in [-0.1, -0.05) is 6.42 Å². The third-order valence-corrected chi connectivity index (χ3v) is 5.06.